The van der Waals surface area contributed by atoms with E-state index in [1.54, 1.807) is 18.3 Å². The van der Waals surface area contributed by atoms with Crippen LogP contribution in [0.5, 0.6) is 5.75 Å². The van der Waals surface area contributed by atoms with Crippen LogP contribution in [0.3, 0.4) is 0 Å². The number of nitrogens with zero attached hydrogens (tertiary/aromatic N) is 3. The molecular formula is C22H25FN4O5S. The van der Waals surface area contributed by atoms with Gasteiger partial charge in [-0.1, -0.05) is 0 Å². The smallest absolute Gasteiger partial charge is 0.422 e. The number of carbonyl (C=O) groups is 1. The standard InChI is InChI=1S/C22H25FN4O5S/c1-3-27(22(28)29)33(30,31)26-10-7-14(8-11-26)19-13-18-16(6-9-24-21(18)25-19)17-12-15(23)4-5-20(17)32-2/h4-6,9,12-14H,3,7-8,10-11H2,1-2H3,(H,24,25)(H,28,29). The molecule has 3 aromatic rings. The maximum Gasteiger partial charge on any atom is 0.422 e. The van der Waals surface area contributed by atoms with E-state index in [4.69, 9.17) is 4.74 Å². The summed E-state index contributed by atoms with van der Waals surface area (Å²) in [4.78, 5) is 19.0. The summed E-state index contributed by atoms with van der Waals surface area (Å²) in [5, 5.41) is 10.0. The molecule has 0 radical (unpaired) electrons. The van der Waals surface area contributed by atoms with Crippen LogP contribution in [0, 0.1) is 5.82 Å². The van der Waals surface area contributed by atoms with Gasteiger partial charge in [0.05, 0.1) is 7.11 Å². The summed E-state index contributed by atoms with van der Waals surface area (Å²) in [5.74, 6) is 0.222. The van der Waals surface area contributed by atoms with E-state index >= 15 is 0 Å². The van der Waals surface area contributed by atoms with Gasteiger partial charge in [0.1, 0.15) is 17.2 Å². The van der Waals surface area contributed by atoms with Gasteiger partial charge in [-0.25, -0.2) is 14.2 Å². The normalized spacial score (nSPS) is 15.6. The second-order valence-corrected chi connectivity index (χ2v) is 9.67. The van der Waals surface area contributed by atoms with E-state index in [-0.39, 0.29) is 31.4 Å². The number of ether oxygens (including phenoxy) is 1. The second-order valence-electron chi connectivity index (χ2n) is 7.82. The molecule has 1 aromatic carbocycles. The average molecular weight is 477 g/mol. The molecule has 2 aromatic heterocycles. The molecule has 2 N–H and O–H groups in total. The van der Waals surface area contributed by atoms with Crippen LogP contribution >= 0.6 is 0 Å². The number of amides is 1. The monoisotopic (exact) mass is 476 g/mol. The second kappa shape index (κ2) is 8.99. The Morgan fingerprint density at radius 1 is 1.27 bits per heavy atom. The zero-order chi connectivity index (χ0) is 23.8. The fourth-order valence-electron chi connectivity index (χ4n) is 4.33. The average Bonchev–Trinajstić information content (AvgIpc) is 3.23. The Morgan fingerprint density at radius 3 is 2.64 bits per heavy atom. The minimum atomic E-state index is -4.06. The van der Waals surface area contributed by atoms with Gasteiger partial charge in [0.25, 0.3) is 0 Å². The first-order valence-corrected chi connectivity index (χ1v) is 12.0. The molecule has 1 aliphatic heterocycles. The van der Waals surface area contributed by atoms with Crippen LogP contribution in [-0.2, 0) is 10.2 Å². The largest absolute Gasteiger partial charge is 0.496 e. The van der Waals surface area contributed by atoms with Crippen LogP contribution in [0.1, 0.15) is 31.4 Å². The molecule has 0 spiro atoms. The quantitative estimate of drug-likeness (QED) is 0.559. The number of fused-ring (bicyclic) bond motifs is 1. The number of methoxy groups -OCH3 is 1. The number of H-pyrrole nitrogens is 1. The fourth-order valence-corrected chi connectivity index (χ4v) is 5.80. The zero-order valence-corrected chi connectivity index (χ0v) is 19.1. The molecule has 176 valence electrons. The molecule has 1 amide bonds. The molecule has 9 nitrogen and oxygen atoms in total. The van der Waals surface area contributed by atoms with Crippen LogP contribution in [0.2, 0.25) is 0 Å². The Kier molecular flexibility index (Phi) is 6.26. The van der Waals surface area contributed by atoms with E-state index in [9.17, 15) is 22.7 Å². The van der Waals surface area contributed by atoms with E-state index < -0.39 is 16.3 Å². The van der Waals surface area contributed by atoms with Gasteiger partial charge in [-0.3, -0.25) is 0 Å². The van der Waals surface area contributed by atoms with E-state index in [1.807, 2.05) is 6.07 Å². The molecule has 0 unspecified atom stereocenters. The van der Waals surface area contributed by atoms with Gasteiger partial charge in [0.2, 0.25) is 0 Å². The first-order valence-electron chi connectivity index (χ1n) is 10.6. The predicted molar refractivity (Wildman–Crippen MR) is 121 cm³/mol. The number of rotatable bonds is 6. The number of benzene rings is 1. The van der Waals surface area contributed by atoms with Crippen LogP contribution in [0.15, 0.2) is 36.5 Å². The van der Waals surface area contributed by atoms with Crippen molar-refractivity contribution in [1.82, 2.24) is 18.6 Å². The number of halogens is 1. The number of carboxylic acid groups (broad SMARTS) is 1. The van der Waals surface area contributed by atoms with Gasteiger partial charge < -0.3 is 14.8 Å². The SMILES string of the molecule is CCN(C(=O)O)S(=O)(=O)N1CCC(c2cc3c(-c4cc(F)ccc4OC)ccnc3[nH]2)CC1. The van der Waals surface area contributed by atoms with E-state index in [0.29, 0.717) is 34.1 Å². The number of aromatic amines is 1. The van der Waals surface area contributed by atoms with Crippen molar-refractivity contribution in [3.8, 4) is 16.9 Å². The van der Waals surface area contributed by atoms with Gasteiger partial charge in [0, 0.05) is 48.4 Å². The Labute approximate surface area is 191 Å². The first-order chi connectivity index (χ1) is 15.8. The summed E-state index contributed by atoms with van der Waals surface area (Å²) in [5.41, 5.74) is 2.94. The molecule has 1 saturated heterocycles. The number of nitrogens with one attached hydrogen (secondary N) is 1. The van der Waals surface area contributed by atoms with Crippen molar-refractivity contribution in [3.63, 3.8) is 0 Å². The summed E-state index contributed by atoms with van der Waals surface area (Å²) in [7, 11) is -2.53. The maximum absolute atomic E-state index is 14.0. The molecule has 33 heavy (non-hydrogen) atoms. The minimum absolute atomic E-state index is 0.0489. The Bertz CT molecular complexity index is 1290. The van der Waals surface area contributed by atoms with Gasteiger partial charge in [-0.2, -0.15) is 17.0 Å². The van der Waals surface area contributed by atoms with Crippen molar-refractivity contribution in [2.45, 2.75) is 25.7 Å². The molecule has 4 rings (SSSR count). The number of pyridine rings is 1. The van der Waals surface area contributed by atoms with Crippen molar-refractivity contribution in [2.75, 3.05) is 26.7 Å². The summed E-state index contributed by atoms with van der Waals surface area (Å²) >= 11 is 0. The van der Waals surface area contributed by atoms with Gasteiger partial charge in [-0.15, -0.1) is 0 Å². The Hall–Kier alpha value is -3.18. The highest BCUT2D eigenvalue weighted by Gasteiger charge is 2.35. The van der Waals surface area contributed by atoms with Crippen molar-refractivity contribution < 1.29 is 27.4 Å². The van der Waals surface area contributed by atoms with E-state index in [1.165, 1.54) is 30.5 Å². The number of piperidine rings is 1. The van der Waals surface area contributed by atoms with Crippen molar-refractivity contribution >= 4 is 27.3 Å². The van der Waals surface area contributed by atoms with Crippen LogP contribution < -0.4 is 4.74 Å². The van der Waals surface area contributed by atoms with Crippen LogP contribution in [0.4, 0.5) is 9.18 Å². The number of hydrogen-bond donors (Lipinski definition) is 2. The van der Waals surface area contributed by atoms with E-state index in [0.717, 1.165) is 16.6 Å². The summed E-state index contributed by atoms with van der Waals surface area (Å²) in [6, 6.07) is 8.11. The molecule has 3 heterocycles. The Morgan fingerprint density at radius 2 is 2.00 bits per heavy atom. The lowest BCUT2D eigenvalue weighted by atomic mass is 9.94. The molecule has 0 bridgehead atoms. The predicted octanol–water partition coefficient (Wildman–Crippen LogP) is 3.80. The van der Waals surface area contributed by atoms with Crippen molar-refractivity contribution in [2.24, 2.45) is 0 Å². The molecule has 0 saturated carbocycles. The number of aromatic nitrogens is 2. The first kappa shape index (κ1) is 23.0. The van der Waals surface area contributed by atoms with Gasteiger partial charge in [0.15, 0.2) is 0 Å². The lowest BCUT2D eigenvalue weighted by Crippen LogP contribution is -2.48. The van der Waals surface area contributed by atoms with Crippen LogP contribution in [-0.4, -0.2) is 64.9 Å². The highest BCUT2D eigenvalue weighted by Crippen LogP contribution is 2.37. The van der Waals surface area contributed by atoms with E-state index in [2.05, 4.69) is 9.97 Å². The number of hydrogen-bond acceptors (Lipinski definition) is 5. The lowest BCUT2D eigenvalue weighted by molar-refractivity contribution is 0.169. The highest BCUT2D eigenvalue weighted by atomic mass is 32.2. The molecule has 1 fully saturated rings. The summed E-state index contributed by atoms with van der Waals surface area (Å²) in [6.07, 6.45) is 1.22. The molecular weight excluding hydrogens is 451 g/mol. The van der Waals surface area contributed by atoms with Gasteiger partial charge >= 0.3 is 16.3 Å². The molecule has 1 aliphatic rings. The summed E-state index contributed by atoms with van der Waals surface area (Å²) in [6.45, 7) is 1.77. The molecule has 11 heteroatoms. The summed E-state index contributed by atoms with van der Waals surface area (Å²) < 4.78 is 46.3. The third-order valence-electron chi connectivity index (χ3n) is 6.00. The van der Waals surface area contributed by atoms with Crippen molar-refractivity contribution in [3.05, 3.63) is 48.0 Å². The third-order valence-corrected chi connectivity index (χ3v) is 7.99. The van der Waals surface area contributed by atoms with Crippen LogP contribution in [0.25, 0.3) is 22.2 Å². The van der Waals surface area contributed by atoms with Crippen molar-refractivity contribution in [1.29, 1.82) is 0 Å². The third kappa shape index (κ3) is 4.25. The molecule has 0 atom stereocenters. The molecule has 0 aliphatic carbocycles. The zero-order valence-electron chi connectivity index (χ0n) is 18.3. The fraction of sp³-hybridized carbons (Fsp3) is 0.364. The maximum atomic E-state index is 14.0. The minimum Gasteiger partial charge on any atom is -0.496 e. The topological polar surface area (TPSA) is 116 Å². The van der Waals surface area contributed by atoms with Gasteiger partial charge in [-0.05, 0) is 55.7 Å². The Balaban J connectivity index is 1.60. The lowest BCUT2D eigenvalue weighted by Gasteiger charge is -2.33. The highest BCUT2D eigenvalue weighted by molar-refractivity contribution is 7.87.